The normalized spacial score (nSPS) is 48.2. The van der Waals surface area contributed by atoms with Crippen LogP contribution in [-0.4, -0.2) is 182 Å². The minimum Gasteiger partial charge on any atom is -0.394 e. The molecule has 16 nitrogen and oxygen atoms in total. The molecule has 15 atom stereocenters. The summed E-state index contributed by atoms with van der Waals surface area (Å²) < 4.78 is 27.1. The fourth-order valence-corrected chi connectivity index (χ4v) is 4.96. The van der Waals surface area contributed by atoms with Gasteiger partial charge in [0.05, 0.1) is 70.7 Å². The number of hydrogen-bond acceptors (Lipinski definition) is 16. The highest BCUT2D eigenvalue weighted by Crippen LogP contribution is 2.29. The molecule has 38 heavy (non-hydrogen) atoms. The average Bonchev–Trinajstić information content (AvgIpc) is 2.91. The second-order valence-electron chi connectivity index (χ2n) is 9.88. The smallest absolute Gasteiger partial charge is 0.183 e. The quantitative estimate of drug-likeness (QED) is 0.112. The molecule has 0 aromatic heterocycles. The van der Waals surface area contributed by atoms with Crippen LogP contribution in [0, 0.1) is 11.8 Å². The van der Waals surface area contributed by atoms with Gasteiger partial charge in [0.1, 0.15) is 48.8 Å². The third-order valence-electron chi connectivity index (χ3n) is 7.41. The van der Waals surface area contributed by atoms with Crippen LogP contribution in [0.1, 0.15) is 0 Å². The van der Waals surface area contributed by atoms with Crippen LogP contribution in [0.3, 0.4) is 0 Å². The lowest BCUT2D eigenvalue weighted by Gasteiger charge is -2.43. The van der Waals surface area contributed by atoms with E-state index < -0.39 is 111 Å². The van der Waals surface area contributed by atoms with Gasteiger partial charge in [0.25, 0.3) is 0 Å². The predicted molar refractivity (Wildman–Crippen MR) is 120 cm³/mol. The molecule has 0 bridgehead atoms. The summed E-state index contributed by atoms with van der Waals surface area (Å²) >= 11 is 0. The van der Waals surface area contributed by atoms with Crippen molar-refractivity contribution in [3.8, 4) is 0 Å². The summed E-state index contributed by atoms with van der Waals surface area (Å²) in [7, 11) is 0. The maximum Gasteiger partial charge on any atom is 0.183 e. The summed E-state index contributed by atoms with van der Waals surface area (Å²) in [6, 6.07) is 0. The number of rotatable bonds is 11. The standard InChI is InChI=1S/C22H40O16/c23-1-10-8(4-34-7-14-19(30)20(31)17(28)12(3-25)37-14)15(26)18(29)13(36-10)6-35-5-9-11(2-24)38-22(33)21(32)16(9)27/h8-33H,1-7H2/t8?,9?,10?,11-,12?,13?,14?,15?,16-,17?,18?,19?,20?,21?,22?/m0/s1. The van der Waals surface area contributed by atoms with Crippen molar-refractivity contribution in [3.63, 3.8) is 0 Å². The number of hydrogen-bond donors (Lipinski definition) is 11. The predicted octanol–water partition coefficient (Wildman–Crippen LogP) is -6.99. The highest BCUT2D eigenvalue weighted by Gasteiger charge is 2.47. The molecule has 0 aromatic rings. The molecule has 0 aromatic carbocycles. The highest BCUT2D eigenvalue weighted by molar-refractivity contribution is 4.94. The van der Waals surface area contributed by atoms with Crippen molar-refractivity contribution < 1.29 is 79.9 Å². The molecule has 3 rings (SSSR count). The van der Waals surface area contributed by atoms with Crippen LogP contribution < -0.4 is 0 Å². The van der Waals surface area contributed by atoms with Gasteiger partial charge in [0.2, 0.25) is 0 Å². The summed E-state index contributed by atoms with van der Waals surface area (Å²) in [4.78, 5) is 0. The second kappa shape index (κ2) is 14.3. The van der Waals surface area contributed by atoms with Crippen LogP contribution in [0.15, 0.2) is 0 Å². The lowest BCUT2D eigenvalue weighted by atomic mass is 9.87. The molecule has 0 spiro atoms. The molecule has 3 saturated heterocycles. The molecule has 0 aliphatic carbocycles. The number of ether oxygens (including phenoxy) is 5. The van der Waals surface area contributed by atoms with Crippen LogP contribution in [0.2, 0.25) is 0 Å². The minimum atomic E-state index is -1.68. The van der Waals surface area contributed by atoms with E-state index >= 15 is 0 Å². The third kappa shape index (κ3) is 6.98. The molecule has 0 radical (unpaired) electrons. The molecule has 3 aliphatic heterocycles. The Balaban J connectivity index is 1.50. The van der Waals surface area contributed by atoms with Crippen LogP contribution in [0.4, 0.5) is 0 Å². The SMILES string of the molecule is OCC1OC(COCC2C(CO)OC(COCC3[C@H](O)C(O)C(O)O[C@H]3CO)C(O)C2O)C(O)C(O)C1O. The van der Waals surface area contributed by atoms with E-state index in [4.69, 9.17) is 23.7 Å². The summed E-state index contributed by atoms with van der Waals surface area (Å²) in [6.07, 6.45) is -17.6. The van der Waals surface area contributed by atoms with Gasteiger partial charge in [-0.2, -0.15) is 0 Å². The van der Waals surface area contributed by atoms with Crippen molar-refractivity contribution >= 4 is 0 Å². The van der Waals surface area contributed by atoms with Crippen molar-refractivity contribution in [2.75, 3.05) is 46.2 Å². The summed E-state index contributed by atoms with van der Waals surface area (Å²) in [5, 5.41) is 109. The van der Waals surface area contributed by atoms with Crippen LogP contribution >= 0.6 is 0 Å². The zero-order valence-corrected chi connectivity index (χ0v) is 20.6. The van der Waals surface area contributed by atoms with E-state index in [0.717, 1.165) is 0 Å². The first-order valence-corrected chi connectivity index (χ1v) is 12.4. The van der Waals surface area contributed by atoms with Crippen molar-refractivity contribution in [1.82, 2.24) is 0 Å². The summed E-state index contributed by atoms with van der Waals surface area (Å²) in [5.41, 5.74) is 0. The van der Waals surface area contributed by atoms with Gasteiger partial charge < -0.3 is 79.9 Å². The minimum absolute atomic E-state index is 0.254. The largest absolute Gasteiger partial charge is 0.394 e. The average molecular weight is 561 g/mol. The zero-order valence-electron chi connectivity index (χ0n) is 20.6. The van der Waals surface area contributed by atoms with Gasteiger partial charge in [-0.15, -0.1) is 0 Å². The maximum absolute atomic E-state index is 10.7. The maximum atomic E-state index is 10.7. The molecule has 13 unspecified atom stereocenters. The van der Waals surface area contributed by atoms with Crippen molar-refractivity contribution in [2.45, 2.75) is 79.5 Å². The molecule has 16 heteroatoms. The fraction of sp³-hybridized carbons (Fsp3) is 1.00. The Morgan fingerprint density at radius 3 is 1.29 bits per heavy atom. The monoisotopic (exact) mass is 560 g/mol. The topological polar surface area (TPSA) is 269 Å². The van der Waals surface area contributed by atoms with Gasteiger partial charge >= 0.3 is 0 Å². The Morgan fingerprint density at radius 2 is 0.789 bits per heavy atom. The molecule has 11 N–H and O–H groups in total. The van der Waals surface area contributed by atoms with Crippen molar-refractivity contribution in [2.24, 2.45) is 11.8 Å². The lowest BCUT2D eigenvalue weighted by Crippen LogP contribution is -2.60. The Labute approximate surface area is 218 Å². The molecule has 3 fully saturated rings. The second-order valence-corrected chi connectivity index (χ2v) is 9.88. The molecular formula is C22H40O16. The van der Waals surface area contributed by atoms with Crippen LogP contribution in [-0.2, 0) is 23.7 Å². The van der Waals surface area contributed by atoms with Gasteiger partial charge in [-0.25, -0.2) is 0 Å². The van der Waals surface area contributed by atoms with Crippen LogP contribution in [0.25, 0.3) is 0 Å². The first kappa shape index (κ1) is 31.9. The first-order chi connectivity index (χ1) is 18.0. The Kier molecular flexibility index (Phi) is 12.0. The van der Waals surface area contributed by atoms with E-state index in [1.807, 2.05) is 0 Å². The molecule has 0 saturated carbocycles. The molecular weight excluding hydrogens is 520 g/mol. The fourth-order valence-electron chi connectivity index (χ4n) is 4.96. The molecule has 3 aliphatic rings. The molecule has 3 heterocycles. The van der Waals surface area contributed by atoms with E-state index in [1.54, 1.807) is 0 Å². The molecule has 0 amide bonds. The van der Waals surface area contributed by atoms with Gasteiger partial charge in [-0.1, -0.05) is 0 Å². The van der Waals surface area contributed by atoms with Gasteiger partial charge in [0, 0.05) is 11.8 Å². The summed E-state index contributed by atoms with van der Waals surface area (Å²) in [6.45, 7) is -2.83. The molecule has 224 valence electrons. The number of aliphatic hydroxyl groups is 11. The van der Waals surface area contributed by atoms with Crippen LogP contribution in [0.5, 0.6) is 0 Å². The van der Waals surface area contributed by atoms with E-state index in [9.17, 15) is 56.2 Å². The third-order valence-corrected chi connectivity index (χ3v) is 7.41. The first-order valence-electron chi connectivity index (χ1n) is 12.4. The Hall–Kier alpha value is -0.640. The van der Waals surface area contributed by atoms with Gasteiger partial charge in [0.15, 0.2) is 6.29 Å². The van der Waals surface area contributed by atoms with E-state index in [2.05, 4.69) is 0 Å². The Morgan fingerprint density at radius 1 is 0.395 bits per heavy atom. The van der Waals surface area contributed by atoms with Gasteiger partial charge in [-0.05, 0) is 0 Å². The lowest BCUT2D eigenvalue weighted by molar-refractivity contribution is -0.282. The van der Waals surface area contributed by atoms with Crippen molar-refractivity contribution in [3.05, 3.63) is 0 Å². The van der Waals surface area contributed by atoms with E-state index in [1.165, 1.54) is 0 Å². The van der Waals surface area contributed by atoms with Gasteiger partial charge in [-0.3, -0.25) is 0 Å². The Bertz CT molecular complexity index is 696. The van der Waals surface area contributed by atoms with E-state index in [0.29, 0.717) is 0 Å². The number of aliphatic hydroxyl groups excluding tert-OH is 11. The van der Waals surface area contributed by atoms with Crippen molar-refractivity contribution in [1.29, 1.82) is 0 Å². The highest BCUT2D eigenvalue weighted by atomic mass is 16.6. The summed E-state index contributed by atoms with van der Waals surface area (Å²) in [5.74, 6) is -1.83. The van der Waals surface area contributed by atoms with E-state index in [-0.39, 0.29) is 26.4 Å². The zero-order chi connectivity index (χ0) is 28.1.